The van der Waals surface area contributed by atoms with Crippen LogP contribution in [0, 0.1) is 13.8 Å². The molecule has 1 aromatic heterocycles. The highest BCUT2D eigenvalue weighted by atomic mass is 32.1. The van der Waals surface area contributed by atoms with Gasteiger partial charge in [-0.05, 0) is 26.0 Å². The molecule has 0 aliphatic heterocycles. The lowest BCUT2D eigenvalue weighted by molar-refractivity contribution is 0.264. The first-order valence-electron chi connectivity index (χ1n) is 6.26. The van der Waals surface area contributed by atoms with Crippen molar-refractivity contribution in [2.24, 2.45) is 5.84 Å². The summed E-state index contributed by atoms with van der Waals surface area (Å²) in [5.41, 5.74) is 3.89. The second-order valence-corrected chi connectivity index (χ2v) is 5.73. The van der Waals surface area contributed by atoms with Gasteiger partial charge in [0.15, 0.2) is 0 Å². The average molecular weight is 277 g/mol. The summed E-state index contributed by atoms with van der Waals surface area (Å²) >= 11 is 1.72. The zero-order valence-electron chi connectivity index (χ0n) is 11.2. The summed E-state index contributed by atoms with van der Waals surface area (Å²) in [7, 11) is 0. The normalized spacial score (nSPS) is 12.4. The maximum atomic E-state index is 5.70. The molecule has 1 aromatic carbocycles. The van der Waals surface area contributed by atoms with Crippen LogP contribution in [0.4, 0.5) is 0 Å². The van der Waals surface area contributed by atoms with E-state index in [0.29, 0.717) is 6.61 Å². The van der Waals surface area contributed by atoms with Crippen LogP contribution in [0.2, 0.25) is 0 Å². The number of hydrogen-bond donors (Lipinski definition) is 2. The Balaban J connectivity index is 1.90. The lowest BCUT2D eigenvalue weighted by Gasteiger charge is -2.15. The van der Waals surface area contributed by atoms with Gasteiger partial charge >= 0.3 is 0 Å². The van der Waals surface area contributed by atoms with Gasteiger partial charge in [0.25, 0.3) is 0 Å². The fourth-order valence-corrected chi connectivity index (χ4v) is 2.73. The number of nitrogens with zero attached hydrogens (tertiary/aromatic N) is 1. The summed E-state index contributed by atoms with van der Waals surface area (Å²) in [5.74, 6) is 6.43. The lowest BCUT2D eigenvalue weighted by Crippen LogP contribution is -2.41. The van der Waals surface area contributed by atoms with Gasteiger partial charge in [0.2, 0.25) is 0 Å². The van der Waals surface area contributed by atoms with Crippen molar-refractivity contribution in [1.82, 2.24) is 10.4 Å². The molecule has 4 nitrogen and oxygen atoms in total. The number of rotatable bonds is 6. The van der Waals surface area contributed by atoms with Crippen LogP contribution in [0.25, 0.3) is 0 Å². The predicted octanol–water partition coefficient (Wildman–Crippen LogP) is 2.21. The number of nitrogens with one attached hydrogen (secondary N) is 1. The summed E-state index contributed by atoms with van der Waals surface area (Å²) in [6, 6.07) is 9.80. The van der Waals surface area contributed by atoms with E-state index < -0.39 is 0 Å². The Hall–Kier alpha value is -1.43. The Kier molecular flexibility index (Phi) is 4.90. The van der Waals surface area contributed by atoms with Crippen LogP contribution in [0.15, 0.2) is 30.3 Å². The van der Waals surface area contributed by atoms with Crippen LogP contribution in [0.5, 0.6) is 5.75 Å². The molecule has 0 radical (unpaired) electrons. The Bertz CT molecular complexity index is 493. The van der Waals surface area contributed by atoms with E-state index >= 15 is 0 Å². The second-order valence-electron chi connectivity index (χ2n) is 4.44. The van der Waals surface area contributed by atoms with Crippen LogP contribution in [0.3, 0.4) is 0 Å². The fourth-order valence-electron chi connectivity index (χ4n) is 1.72. The fraction of sp³-hybridized carbons (Fsp3) is 0.357. The number of hydrogen-bond acceptors (Lipinski definition) is 5. The largest absolute Gasteiger partial charge is 0.492 e. The van der Waals surface area contributed by atoms with E-state index in [1.54, 1.807) is 11.3 Å². The van der Waals surface area contributed by atoms with Crippen molar-refractivity contribution in [1.29, 1.82) is 0 Å². The van der Waals surface area contributed by atoms with Gasteiger partial charge < -0.3 is 4.74 Å². The maximum absolute atomic E-state index is 5.70. The molecule has 5 heteroatoms. The number of hydrazine groups is 1. The number of thiazole rings is 1. The van der Waals surface area contributed by atoms with E-state index in [1.807, 2.05) is 37.3 Å². The quantitative estimate of drug-likeness (QED) is 0.628. The van der Waals surface area contributed by atoms with Gasteiger partial charge in [-0.25, -0.2) is 4.98 Å². The molecule has 19 heavy (non-hydrogen) atoms. The second kappa shape index (κ2) is 6.65. The van der Waals surface area contributed by atoms with Crippen molar-refractivity contribution in [3.05, 3.63) is 45.9 Å². The van der Waals surface area contributed by atoms with Crippen molar-refractivity contribution in [3.8, 4) is 5.75 Å². The van der Waals surface area contributed by atoms with Gasteiger partial charge in [-0.1, -0.05) is 18.2 Å². The topological polar surface area (TPSA) is 60.2 Å². The Morgan fingerprint density at radius 1 is 1.32 bits per heavy atom. The Morgan fingerprint density at radius 3 is 2.63 bits per heavy atom. The van der Waals surface area contributed by atoms with Gasteiger partial charge in [0, 0.05) is 11.3 Å². The van der Waals surface area contributed by atoms with E-state index in [2.05, 4.69) is 17.3 Å². The third-order valence-electron chi connectivity index (χ3n) is 2.92. The van der Waals surface area contributed by atoms with Crippen molar-refractivity contribution >= 4 is 11.3 Å². The molecule has 3 N–H and O–H groups in total. The molecular weight excluding hydrogens is 258 g/mol. The Morgan fingerprint density at radius 2 is 2.05 bits per heavy atom. The minimum atomic E-state index is 0.0603. The molecule has 0 fully saturated rings. The molecule has 0 saturated carbocycles. The molecule has 0 saturated heterocycles. The van der Waals surface area contributed by atoms with Gasteiger partial charge in [-0.2, -0.15) is 0 Å². The van der Waals surface area contributed by atoms with E-state index in [1.165, 1.54) is 4.88 Å². The first kappa shape index (κ1) is 14.0. The van der Waals surface area contributed by atoms with Crippen molar-refractivity contribution in [2.75, 3.05) is 6.61 Å². The molecule has 102 valence electrons. The molecular formula is C14H19N3OS. The number of aromatic nitrogens is 1. The smallest absolute Gasteiger partial charge is 0.119 e. The highest BCUT2D eigenvalue weighted by molar-refractivity contribution is 7.11. The van der Waals surface area contributed by atoms with E-state index in [9.17, 15) is 0 Å². The van der Waals surface area contributed by atoms with E-state index in [4.69, 9.17) is 10.6 Å². The summed E-state index contributed by atoms with van der Waals surface area (Å²) in [4.78, 5) is 5.78. The maximum Gasteiger partial charge on any atom is 0.119 e. The standard InChI is InChI=1S/C14H19N3OS/c1-10-11(2)19-14(16-10)8-12(17-15)9-18-13-6-4-3-5-7-13/h3-7,12,17H,8-9,15H2,1-2H3. The Labute approximate surface area is 117 Å². The number of benzene rings is 1. The summed E-state index contributed by atoms with van der Waals surface area (Å²) in [6.07, 6.45) is 0.780. The zero-order chi connectivity index (χ0) is 13.7. The number of ether oxygens (including phenoxy) is 1. The third kappa shape index (κ3) is 4.02. The minimum Gasteiger partial charge on any atom is -0.492 e. The van der Waals surface area contributed by atoms with Crippen molar-refractivity contribution in [3.63, 3.8) is 0 Å². The van der Waals surface area contributed by atoms with Crippen LogP contribution in [0.1, 0.15) is 15.6 Å². The van der Waals surface area contributed by atoms with E-state index in [0.717, 1.165) is 22.9 Å². The van der Waals surface area contributed by atoms with Crippen molar-refractivity contribution in [2.45, 2.75) is 26.3 Å². The van der Waals surface area contributed by atoms with Crippen LogP contribution in [-0.4, -0.2) is 17.6 Å². The molecule has 1 atom stereocenters. The van der Waals surface area contributed by atoms with Crippen LogP contribution < -0.4 is 16.0 Å². The molecule has 0 aliphatic carbocycles. The first-order chi connectivity index (χ1) is 9.19. The summed E-state index contributed by atoms with van der Waals surface area (Å²) in [6.45, 7) is 4.64. The lowest BCUT2D eigenvalue weighted by atomic mass is 10.2. The highest BCUT2D eigenvalue weighted by Crippen LogP contribution is 2.18. The monoisotopic (exact) mass is 277 g/mol. The predicted molar refractivity (Wildman–Crippen MR) is 78.3 cm³/mol. The van der Waals surface area contributed by atoms with Crippen molar-refractivity contribution < 1.29 is 4.74 Å². The molecule has 2 rings (SSSR count). The van der Waals surface area contributed by atoms with Gasteiger partial charge in [-0.15, -0.1) is 11.3 Å². The molecule has 0 amide bonds. The molecule has 2 aromatic rings. The zero-order valence-corrected chi connectivity index (χ0v) is 12.0. The number of aryl methyl sites for hydroxylation is 2. The molecule has 1 heterocycles. The van der Waals surface area contributed by atoms with Crippen LogP contribution >= 0.6 is 11.3 Å². The highest BCUT2D eigenvalue weighted by Gasteiger charge is 2.12. The molecule has 0 bridgehead atoms. The minimum absolute atomic E-state index is 0.0603. The molecule has 0 aliphatic rings. The van der Waals surface area contributed by atoms with Crippen LogP contribution in [-0.2, 0) is 6.42 Å². The number of para-hydroxylation sites is 1. The van der Waals surface area contributed by atoms with Gasteiger partial charge in [-0.3, -0.25) is 11.3 Å². The molecule has 1 unspecified atom stereocenters. The number of nitrogens with two attached hydrogens (primary N) is 1. The SMILES string of the molecule is Cc1nc(CC(COc2ccccc2)NN)sc1C. The molecule has 0 spiro atoms. The third-order valence-corrected chi connectivity index (χ3v) is 4.02. The van der Waals surface area contributed by atoms with Gasteiger partial charge in [0.05, 0.1) is 16.7 Å². The summed E-state index contributed by atoms with van der Waals surface area (Å²) in [5, 5.41) is 1.09. The van der Waals surface area contributed by atoms with Gasteiger partial charge in [0.1, 0.15) is 12.4 Å². The average Bonchev–Trinajstić information content (AvgIpc) is 2.74. The van der Waals surface area contributed by atoms with E-state index in [-0.39, 0.29) is 6.04 Å². The summed E-state index contributed by atoms with van der Waals surface area (Å²) < 4.78 is 5.70. The first-order valence-corrected chi connectivity index (χ1v) is 7.07.